The van der Waals surface area contributed by atoms with Gasteiger partial charge in [0.05, 0.1) is 16.7 Å². The number of hydrogen-bond acceptors (Lipinski definition) is 7. The standard InChI is InChI=1S/C23H25FN6O3S/c1-16(22(31)25-17-10-11-19(24)20(14-17)30(32)33)34-23-27-26-21(15-28-12-6-3-7-13-28)29(23)18-8-4-2-5-9-18/h2,4-5,8-11,14,16H,3,6-7,12-13,15H2,1H3,(H,25,31). The summed E-state index contributed by atoms with van der Waals surface area (Å²) in [6.45, 7) is 4.42. The van der Waals surface area contributed by atoms with Gasteiger partial charge in [0, 0.05) is 17.4 Å². The Morgan fingerprint density at radius 1 is 1.18 bits per heavy atom. The minimum absolute atomic E-state index is 0.154. The zero-order valence-corrected chi connectivity index (χ0v) is 19.5. The normalized spacial score (nSPS) is 15.1. The number of amides is 1. The molecule has 4 rings (SSSR count). The molecule has 1 aliphatic heterocycles. The van der Waals surface area contributed by atoms with E-state index in [-0.39, 0.29) is 11.6 Å². The fraction of sp³-hybridized carbons (Fsp3) is 0.348. The number of rotatable bonds is 8. The predicted molar refractivity (Wildman–Crippen MR) is 127 cm³/mol. The number of likely N-dealkylation sites (tertiary alicyclic amines) is 1. The minimum atomic E-state index is -0.956. The summed E-state index contributed by atoms with van der Waals surface area (Å²) in [5.41, 5.74) is 0.369. The van der Waals surface area contributed by atoms with Crippen LogP contribution in [0.3, 0.4) is 0 Å². The van der Waals surface area contributed by atoms with Crippen LogP contribution in [0.5, 0.6) is 0 Å². The van der Waals surface area contributed by atoms with Crippen molar-refractivity contribution in [2.75, 3.05) is 18.4 Å². The zero-order chi connectivity index (χ0) is 24.1. The van der Waals surface area contributed by atoms with Crippen molar-refractivity contribution in [3.8, 4) is 5.69 Å². The molecule has 0 radical (unpaired) electrons. The number of carbonyl (C=O) groups is 1. The predicted octanol–water partition coefficient (Wildman–Crippen LogP) is 4.42. The highest BCUT2D eigenvalue weighted by Crippen LogP contribution is 2.28. The molecular weight excluding hydrogens is 459 g/mol. The van der Waals surface area contributed by atoms with E-state index < -0.39 is 21.7 Å². The maximum Gasteiger partial charge on any atom is 0.306 e. The number of hydrogen-bond donors (Lipinski definition) is 1. The Hall–Kier alpha value is -3.31. The number of anilines is 1. The number of para-hydroxylation sites is 1. The lowest BCUT2D eigenvalue weighted by molar-refractivity contribution is -0.387. The van der Waals surface area contributed by atoms with Crippen molar-refractivity contribution in [1.29, 1.82) is 0 Å². The quantitative estimate of drug-likeness (QED) is 0.287. The van der Waals surface area contributed by atoms with Crippen molar-refractivity contribution in [2.45, 2.75) is 43.1 Å². The Morgan fingerprint density at radius 3 is 2.62 bits per heavy atom. The van der Waals surface area contributed by atoms with E-state index in [0.29, 0.717) is 11.7 Å². The van der Waals surface area contributed by atoms with Crippen LogP contribution in [-0.4, -0.2) is 48.8 Å². The summed E-state index contributed by atoms with van der Waals surface area (Å²) in [7, 11) is 0. The molecule has 1 saturated heterocycles. The molecule has 2 aromatic carbocycles. The van der Waals surface area contributed by atoms with Crippen LogP contribution >= 0.6 is 11.8 Å². The van der Waals surface area contributed by atoms with E-state index in [1.165, 1.54) is 37.1 Å². The Bertz CT molecular complexity index is 1170. The van der Waals surface area contributed by atoms with Gasteiger partial charge in [-0.15, -0.1) is 10.2 Å². The number of benzene rings is 2. The van der Waals surface area contributed by atoms with Gasteiger partial charge >= 0.3 is 5.69 Å². The molecule has 0 spiro atoms. The highest BCUT2D eigenvalue weighted by Gasteiger charge is 2.23. The third-order valence-corrected chi connectivity index (χ3v) is 6.63. The summed E-state index contributed by atoms with van der Waals surface area (Å²) >= 11 is 1.24. The second-order valence-corrected chi connectivity index (χ2v) is 9.39. The summed E-state index contributed by atoms with van der Waals surface area (Å²) in [6, 6.07) is 13.0. The lowest BCUT2D eigenvalue weighted by atomic mass is 10.1. The average molecular weight is 485 g/mol. The van der Waals surface area contributed by atoms with E-state index in [1.54, 1.807) is 6.92 Å². The van der Waals surface area contributed by atoms with Crippen LogP contribution in [0.1, 0.15) is 32.0 Å². The highest BCUT2D eigenvalue weighted by molar-refractivity contribution is 8.00. The molecule has 178 valence electrons. The monoisotopic (exact) mass is 484 g/mol. The van der Waals surface area contributed by atoms with Crippen LogP contribution in [0, 0.1) is 15.9 Å². The van der Waals surface area contributed by atoms with Crippen molar-refractivity contribution in [2.24, 2.45) is 0 Å². The fourth-order valence-electron chi connectivity index (χ4n) is 3.82. The third-order valence-electron chi connectivity index (χ3n) is 5.59. The SMILES string of the molecule is CC(Sc1nnc(CN2CCCCC2)n1-c1ccccc1)C(=O)Nc1ccc(F)c([N+](=O)[O-])c1. The number of carbonyl (C=O) groups excluding carboxylic acids is 1. The van der Waals surface area contributed by atoms with Crippen molar-refractivity contribution in [3.05, 3.63) is 70.3 Å². The summed E-state index contributed by atoms with van der Waals surface area (Å²) in [5.74, 6) is -0.536. The topological polar surface area (TPSA) is 106 Å². The molecule has 1 aliphatic rings. The Kier molecular flexibility index (Phi) is 7.53. The summed E-state index contributed by atoms with van der Waals surface area (Å²) in [5, 5.41) is 22.4. The first-order chi connectivity index (χ1) is 16.4. The maximum absolute atomic E-state index is 13.6. The van der Waals surface area contributed by atoms with Gasteiger partial charge in [0.25, 0.3) is 0 Å². The Morgan fingerprint density at radius 2 is 1.91 bits per heavy atom. The lowest BCUT2D eigenvalue weighted by Crippen LogP contribution is -2.30. The van der Waals surface area contributed by atoms with Crippen molar-refractivity contribution in [1.82, 2.24) is 19.7 Å². The first kappa shape index (κ1) is 23.8. The second kappa shape index (κ2) is 10.7. The second-order valence-electron chi connectivity index (χ2n) is 8.08. The average Bonchev–Trinajstić information content (AvgIpc) is 3.23. The maximum atomic E-state index is 13.6. The smallest absolute Gasteiger partial charge is 0.306 e. The molecule has 1 aromatic heterocycles. The number of nitrogens with zero attached hydrogens (tertiary/aromatic N) is 5. The number of nitro groups is 1. The number of nitrogens with one attached hydrogen (secondary N) is 1. The van der Waals surface area contributed by atoms with Gasteiger partial charge in [-0.2, -0.15) is 4.39 Å². The third kappa shape index (κ3) is 5.60. The van der Waals surface area contributed by atoms with E-state index in [1.807, 2.05) is 34.9 Å². The van der Waals surface area contributed by atoms with Crippen LogP contribution in [-0.2, 0) is 11.3 Å². The fourth-order valence-corrected chi connectivity index (χ4v) is 4.71. The summed E-state index contributed by atoms with van der Waals surface area (Å²) < 4.78 is 15.6. The van der Waals surface area contributed by atoms with Gasteiger partial charge in [0.1, 0.15) is 0 Å². The van der Waals surface area contributed by atoms with Crippen LogP contribution < -0.4 is 5.32 Å². The molecule has 11 heteroatoms. The van der Waals surface area contributed by atoms with E-state index in [0.717, 1.165) is 36.7 Å². The number of halogens is 1. The molecule has 1 atom stereocenters. The first-order valence-corrected chi connectivity index (χ1v) is 11.9. The van der Waals surface area contributed by atoms with E-state index in [2.05, 4.69) is 20.4 Å². The molecule has 2 heterocycles. The molecule has 1 unspecified atom stereocenters. The van der Waals surface area contributed by atoms with Gasteiger partial charge in [0.15, 0.2) is 11.0 Å². The molecule has 0 bridgehead atoms. The van der Waals surface area contributed by atoms with Crippen molar-refractivity contribution < 1.29 is 14.1 Å². The first-order valence-electron chi connectivity index (χ1n) is 11.1. The molecule has 34 heavy (non-hydrogen) atoms. The zero-order valence-electron chi connectivity index (χ0n) is 18.7. The molecule has 1 fully saturated rings. The van der Waals surface area contributed by atoms with Gasteiger partial charge in [0.2, 0.25) is 11.7 Å². The summed E-state index contributed by atoms with van der Waals surface area (Å²) in [4.78, 5) is 25.3. The van der Waals surface area contributed by atoms with Gasteiger partial charge in [-0.1, -0.05) is 36.4 Å². The molecule has 0 aliphatic carbocycles. The molecule has 1 N–H and O–H groups in total. The number of aromatic nitrogens is 3. The van der Waals surface area contributed by atoms with Gasteiger partial charge in [-0.25, -0.2) is 0 Å². The van der Waals surface area contributed by atoms with Crippen LogP contribution in [0.4, 0.5) is 15.8 Å². The van der Waals surface area contributed by atoms with Crippen LogP contribution in [0.15, 0.2) is 53.7 Å². The summed E-state index contributed by atoms with van der Waals surface area (Å²) in [6.07, 6.45) is 3.58. The van der Waals surface area contributed by atoms with Gasteiger partial charge < -0.3 is 5.32 Å². The van der Waals surface area contributed by atoms with Crippen LogP contribution in [0.25, 0.3) is 5.69 Å². The Balaban J connectivity index is 1.52. The highest BCUT2D eigenvalue weighted by atomic mass is 32.2. The van der Waals surface area contributed by atoms with Crippen molar-refractivity contribution >= 4 is 29.0 Å². The van der Waals surface area contributed by atoms with Gasteiger partial charge in [-0.3, -0.25) is 24.4 Å². The van der Waals surface area contributed by atoms with E-state index >= 15 is 0 Å². The Labute approximate surface area is 200 Å². The number of nitro benzene ring substituents is 1. The number of thioether (sulfide) groups is 1. The number of piperidine rings is 1. The van der Waals surface area contributed by atoms with Gasteiger partial charge in [-0.05, 0) is 57.1 Å². The molecule has 1 amide bonds. The largest absolute Gasteiger partial charge is 0.325 e. The van der Waals surface area contributed by atoms with E-state index in [9.17, 15) is 19.3 Å². The molecule has 3 aromatic rings. The van der Waals surface area contributed by atoms with Crippen molar-refractivity contribution in [3.63, 3.8) is 0 Å². The van der Waals surface area contributed by atoms with Crippen LogP contribution in [0.2, 0.25) is 0 Å². The minimum Gasteiger partial charge on any atom is -0.325 e. The molecular formula is C23H25FN6O3S. The molecule has 0 saturated carbocycles. The van der Waals surface area contributed by atoms with E-state index in [4.69, 9.17) is 0 Å². The molecule has 9 nitrogen and oxygen atoms in total. The lowest BCUT2D eigenvalue weighted by Gasteiger charge is -2.26.